The molecule has 0 aliphatic heterocycles. The van der Waals surface area contributed by atoms with E-state index >= 15 is 0 Å². The van der Waals surface area contributed by atoms with E-state index in [4.69, 9.17) is 11.6 Å². The van der Waals surface area contributed by atoms with Gasteiger partial charge in [0.25, 0.3) is 0 Å². The Kier molecular flexibility index (Phi) is 3.38. The van der Waals surface area contributed by atoms with E-state index in [0.29, 0.717) is 22.0 Å². The van der Waals surface area contributed by atoms with Crippen LogP contribution in [0.15, 0.2) is 48.5 Å². The SMILES string of the molecule is N#Cc1nnn(-c2cccc(Cl)c2)c1-c1cccc(F)c1. The van der Waals surface area contributed by atoms with Crippen molar-refractivity contribution in [2.24, 2.45) is 0 Å². The molecule has 0 aliphatic carbocycles. The van der Waals surface area contributed by atoms with Crippen LogP contribution < -0.4 is 0 Å². The number of nitriles is 1. The molecular formula is C15H8ClFN4. The Balaban J connectivity index is 2.25. The van der Waals surface area contributed by atoms with Gasteiger partial charge in [-0.2, -0.15) is 5.26 Å². The third-order valence-corrected chi connectivity index (χ3v) is 3.16. The lowest BCUT2D eigenvalue weighted by atomic mass is 10.1. The highest BCUT2D eigenvalue weighted by Gasteiger charge is 2.16. The van der Waals surface area contributed by atoms with Gasteiger partial charge in [-0.25, -0.2) is 9.07 Å². The maximum Gasteiger partial charge on any atom is 0.191 e. The van der Waals surface area contributed by atoms with E-state index in [-0.39, 0.29) is 5.69 Å². The molecule has 0 atom stereocenters. The number of hydrogen-bond donors (Lipinski definition) is 0. The molecule has 21 heavy (non-hydrogen) atoms. The summed E-state index contributed by atoms with van der Waals surface area (Å²) in [5.74, 6) is -0.393. The molecule has 0 aliphatic rings. The Morgan fingerprint density at radius 3 is 2.67 bits per heavy atom. The molecular weight excluding hydrogens is 291 g/mol. The molecule has 6 heteroatoms. The first kappa shape index (κ1) is 13.3. The number of nitrogens with zero attached hydrogens (tertiary/aromatic N) is 4. The van der Waals surface area contributed by atoms with Gasteiger partial charge >= 0.3 is 0 Å². The molecule has 0 saturated carbocycles. The van der Waals surface area contributed by atoms with Crippen LogP contribution in [0.1, 0.15) is 5.69 Å². The van der Waals surface area contributed by atoms with Crippen LogP contribution in [0.25, 0.3) is 16.9 Å². The second-order valence-electron chi connectivity index (χ2n) is 4.30. The Labute approximate surface area is 125 Å². The second kappa shape index (κ2) is 5.35. The molecule has 102 valence electrons. The zero-order chi connectivity index (χ0) is 14.8. The van der Waals surface area contributed by atoms with Crippen LogP contribution >= 0.6 is 11.6 Å². The van der Waals surface area contributed by atoms with Gasteiger partial charge in [-0.1, -0.05) is 35.0 Å². The fraction of sp³-hybridized carbons (Fsp3) is 0. The molecule has 0 radical (unpaired) electrons. The van der Waals surface area contributed by atoms with Gasteiger partial charge < -0.3 is 0 Å². The highest BCUT2D eigenvalue weighted by atomic mass is 35.5. The fourth-order valence-corrected chi connectivity index (χ4v) is 2.23. The molecule has 0 saturated heterocycles. The molecule has 0 N–H and O–H groups in total. The minimum atomic E-state index is -0.393. The van der Waals surface area contributed by atoms with E-state index in [1.165, 1.54) is 16.8 Å². The quantitative estimate of drug-likeness (QED) is 0.726. The number of hydrogen-bond acceptors (Lipinski definition) is 3. The highest BCUT2D eigenvalue weighted by molar-refractivity contribution is 6.30. The Hall–Kier alpha value is -2.71. The normalized spacial score (nSPS) is 10.3. The summed E-state index contributed by atoms with van der Waals surface area (Å²) in [6.07, 6.45) is 0. The largest absolute Gasteiger partial charge is 0.211 e. The molecule has 0 unspecified atom stereocenters. The number of benzene rings is 2. The zero-order valence-corrected chi connectivity index (χ0v) is 11.4. The van der Waals surface area contributed by atoms with Crippen molar-refractivity contribution in [1.29, 1.82) is 5.26 Å². The third-order valence-electron chi connectivity index (χ3n) is 2.93. The standard InChI is InChI=1S/C15H8ClFN4/c16-11-4-2-6-13(8-11)21-15(14(9-18)19-20-21)10-3-1-5-12(17)7-10/h1-8H. The van der Waals surface area contributed by atoms with E-state index in [2.05, 4.69) is 10.3 Å². The van der Waals surface area contributed by atoms with Crippen LogP contribution in [0.2, 0.25) is 5.02 Å². The van der Waals surface area contributed by atoms with E-state index in [1.807, 2.05) is 6.07 Å². The topological polar surface area (TPSA) is 54.5 Å². The summed E-state index contributed by atoms with van der Waals surface area (Å²) < 4.78 is 14.9. The Morgan fingerprint density at radius 1 is 1.14 bits per heavy atom. The van der Waals surface area contributed by atoms with Gasteiger partial charge in [0.1, 0.15) is 17.6 Å². The summed E-state index contributed by atoms with van der Waals surface area (Å²) in [5.41, 5.74) is 1.73. The first-order chi connectivity index (χ1) is 10.2. The zero-order valence-electron chi connectivity index (χ0n) is 10.7. The molecule has 2 aromatic carbocycles. The van der Waals surface area contributed by atoms with Gasteiger partial charge in [0.2, 0.25) is 0 Å². The predicted octanol–water partition coefficient (Wildman–Crippen LogP) is 3.60. The third kappa shape index (κ3) is 2.49. The summed E-state index contributed by atoms with van der Waals surface area (Å²) in [5, 5.41) is 17.5. The van der Waals surface area contributed by atoms with Crippen molar-refractivity contribution in [2.45, 2.75) is 0 Å². The minimum Gasteiger partial charge on any atom is -0.211 e. The van der Waals surface area contributed by atoms with Crippen molar-refractivity contribution in [3.05, 3.63) is 65.1 Å². The minimum absolute atomic E-state index is 0.126. The van der Waals surface area contributed by atoms with Crippen LogP contribution in [0.4, 0.5) is 4.39 Å². The summed E-state index contributed by atoms with van der Waals surface area (Å²) in [4.78, 5) is 0. The van der Waals surface area contributed by atoms with Crippen molar-refractivity contribution in [3.8, 4) is 23.0 Å². The number of rotatable bonds is 2. The van der Waals surface area contributed by atoms with Crippen molar-refractivity contribution in [3.63, 3.8) is 0 Å². The lowest BCUT2D eigenvalue weighted by Gasteiger charge is -2.07. The average molecular weight is 299 g/mol. The molecule has 0 spiro atoms. The van der Waals surface area contributed by atoms with E-state index in [0.717, 1.165) is 0 Å². The molecule has 1 aromatic heterocycles. The maximum absolute atomic E-state index is 13.4. The van der Waals surface area contributed by atoms with Crippen molar-refractivity contribution in [2.75, 3.05) is 0 Å². The first-order valence-electron chi connectivity index (χ1n) is 6.07. The Morgan fingerprint density at radius 2 is 1.95 bits per heavy atom. The number of halogens is 2. The molecule has 3 rings (SSSR count). The monoisotopic (exact) mass is 298 g/mol. The summed E-state index contributed by atoms with van der Waals surface area (Å²) >= 11 is 5.97. The lowest BCUT2D eigenvalue weighted by Crippen LogP contribution is -2.00. The fourth-order valence-electron chi connectivity index (χ4n) is 2.04. The van der Waals surface area contributed by atoms with Crippen LogP contribution in [0.5, 0.6) is 0 Å². The van der Waals surface area contributed by atoms with Crippen LogP contribution in [0, 0.1) is 17.1 Å². The van der Waals surface area contributed by atoms with Gasteiger partial charge in [0.15, 0.2) is 5.69 Å². The van der Waals surface area contributed by atoms with Gasteiger partial charge in [0.05, 0.1) is 5.69 Å². The molecule has 1 heterocycles. The van der Waals surface area contributed by atoms with E-state index < -0.39 is 5.82 Å². The maximum atomic E-state index is 13.4. The van der Waals surface area contributed by atoms with Crippen molar-refractivity contribution in [1.82, 2.24) is 15.0 Å². The predicted molar refractivity (Wildman–Crippen MR) is 76.5 cm³/mol. The Bertz CT molecular complexity index is 851. The van der Waals surface area contributed by atoms with Crippen LogP contribution in [0.3, 0.4) is 0 Å². The molecule has 0 bridgehead atoms. The second-order valence-corrected chi connectivity index (χ2v) is 4.74. The summed E-state index contributed by atoms with van der Waals surface area (Å²) in [7, 11) is 0. The van der Waals surface area contributed by atoms with Gasteiger partial charge in [0, 0.05) is 10.6 Å². The average Bonchev–Trinajstić information content (AvgIpc) is 2.91. The number of aromatic nitrogens is 3. The molecule has 0 amide bonds. The highest BCUT2D eigenvalue weighted by Crippen LogP contribution is 2.26. The lowest BCUT2D eigenvalue weighted by molar-refractivity contribution is 0.628. The summed E-state index contributed by atoms with van der Waals surface area (Å²) in [6.45, 7) is 0. The van der Waals surface area contributed by atoms with Gasteiger partial charge in [-0.3, -0.25) is 0 Å². The molecule has 0 fully saturated rings. The van der Waals surface area contributed by atoms with Crippen molar-refractivity contribution >= 4 is 11.6 Å². The van der Waals surface area contributed by atoms with Crippen LogP contribution in [-0.2, 0) is 0 Å². The summed E-state index contributed by atoms with van der Waals surface area (Å²) in [6, 6.07) is 14.9. The smallest absolute Gasteiger partial charge is 0.191 e. The molecule has 4 nitrogen and oxygen atoms in total. The van der Waals surface area contributed by atoms with Gasteiger partial charge in [-0.05, 0) is 30.3 Å². The van der Waals surface area contributed by atoms with Crippen molar-refractivity contribution < 1.29 is 4.39 Å². The van der Waals surface area contributed by atoms with E-state index in [1.54, 1.807) is 36.4 Å². The molecule has 3 aromatic rings. The van der Waals surface area contributed by atoms with Crippen LogP contribution in [-0.4, -0.2) is 15.0 Å². The van der Waals surface area contributed by atoms with E-state index in [9.17, 15) is 9.65 Å². The first-order valence-corrected chi connectivity index (χ1v) is 6.44. The van der Waals surface area contributed by atoms with Gasteiger partial charge in [-0.15, -0.1) is 5.10 Å².